The van der Waals surface area contributed by atoms with Gasteiger partial charge in [-0.1, -0.05) is 5.70 Å². The normalized spacial score (nSPS) is 15.0. The second kappa shape index (κ2) is 3.56. The summed E-state index contributed by atoms with van der Waals surface area (Å²) in [4.78, 5) is 0. The zero-order valence-corrected chi connectivity index (χ0v) is 7.83. The molecule has 1 nitrogen and oxygen atoms in total. The van der Waals surface area contributed by atoms with Gasteiger partial charge in [0.25, 0.3) is 0 Å². The van der Waals surface area contributed by atoms with Gasteiger partial charge in [0.05, 0.1) is 5.56 Å². The van der Waals surface area contributed by atoms with Crippen LogP contribution in [0.2, 0.25) is 0 Å². The molecule has 0 bridgehead atoms. The van der Waals surface area contributed by atoms with Crippen molar-refractivity contribution in [3.05, 3.63) is 58.9 Å². The fraction of sp³-hybridized carbons (Fsp3) is 0.250. The van der Waals surface area contributed by atoms with Crippen molar-refractivity contribution in [3.8, 4) is 0 Å². The molecule has 0 amide bonds. The van der Waals surface area contributed by atoms with E-state index in [1.54, 1.807) is 0 Å². The Morgan fingerprint density at radius 2 is 2.00 bits per heavy atom. The minimum absolute atomic E-state index is 0.958. The molecule has 1 heteroatoms. The molecule has 1 aromatic carbocycles. The first-order valence-electron chi connectivity index (χ1n) is 4.65. The highest BCUT2D eigenvalue weighted by Gasteiger charge is 2.12. The van der Waals surface area contributed by atoms with Gasteiger partial charge in [0.15, 0.2) is 0 Å². The standard InChI is InChI=1S/C12H13N/c1-10(12-8-5-9-13-12)11-6-3-2-4-7-11/h2-4,6-8H,5,9H2,1H3. The highest BCUT2D eigenvalue weighted by Crippen LogP contribution is 2.30. The van der Waals surface area contributed by atoms with Crippen LogP contribution in [-0.4, -0.2) is 6.54 Å². The predicted molar refractivity (Wildman–Crippen MR) is 55.4 cm³/mol. The topological polar surface area (TPSA) is 14.1 Å². The van der Waals surface area contributed by atoms with Crippen LogP contribution in [-0.2, 0) is 0 Å². The van der Waals surface area contributed by atoms with Crippen LogP contribution in [0.15, 0.2) is 42.1 Å². The summed E-state index contributed by atoms with van der Waals surface area (Å²) in [5, 5.41) is 4.44. The van der Waals surface area contributed by atoms with E-state index in [1.165, 1.54) is 17.2 Å². The van der Waals surface area contributed by atoms with E-state index in [0.717, 1.165) is 13.0 Å². The third-order valence-electron chi connectivity index (χ3n) is 2.34. The molecular weight excluding hydrogens is 158 g/mol. The molecule has 66 valence electrons. The van der Waals surface area contributed by atoms with Crippen LogP contribution in [0, 0.1) is 5.92 Å². The fourth-order valence-corrected chi connectivity index (χ4v) is 1.56. The van der Waals surface area contributed by atoms with E-state index >= 15 is 0 Å². The maximum atomic E-state index is 4.44. The largest absolute Gasteiger partial charge is 0.666 e. The van der Waals surface area contributed by atoms with Gasteiger partial charge in [-0.15, -0.1) is 6.54 Å². The van der Waals surface area contributed by atoms with Gasteiger partial charge in [0, 0.05) is 18.1 Å². The lowest BCUT2D eigenvalue weighted by Crippen LogP contribution is -1.95. The molecule has 0 radical (unpaired) electrons. The molecule has 13 heavy (non-hydrogen) atoms. The zero-order chi connectivity index (χ0) is 9.10. The van der Waals surface area contributed by atoms with Crippen molar-refractivity contribution in [2.45, 2.75) is 13.3 Å². The monoisotopic (exact) mass is 171 g/mol. The van der Waals surface area contributed by atoms with Crippen molar-refractivity contribution in [1.29, 1.82) is 0 Å². The quantitative estimate of drug-likeness (QED) is 0.606. The number of benzene rings is 1. The Balaban J connectivity index is 2.17. The van der Waals surface area contributed by atoms with E-state index in [9.17, 15) is 0 Å². The maximum absolute atomic E-state index is 4.44. The van der Waals surface area contributed by atoms with Gasteiger partial charge in [0.1, 0.15) is 0 Å². The zero-order valence-electron chi connectivity index (χ0n) is 7.83. The van der Waals surface area contributed by atoms with Gasteiger partial charge in [-0.25, -0.2) is 0 Å². The summed E-state index contributed by atoms with van der Waals surface area (Å²) in [7, 11) is 0. The van der Waals surface area contributed by atoms with Crippen LogP contribution in [0.5, 0.6) is 0 Å². The van der Waals surface area contributed by atoms with Crippen LogP contribution in [0.25, 0.3) is 5.32 Å². The summed E-state index contributed by atoms with van der Waals surface area (Å²) >= 11 is 0. The minimum atomic E-state index is 0.958. The molecule has 0 aliphatic carbocycles. The Morgan fingerprint density at radius 1 is 1.23 bits per heavy atom. The molecule has 0 fully saturated rings. The van der Waals surface area contributed by atoms with Crippen molar-refractivity contribution >= 4 is 0 Å². The lowest BCUT2D eigenvalue weighted by molar-refractivity contribution is 1.15. The molecule has 1 aliphatic rings. The smallest absolute Gasteiger partial charge is 0.0966 e. The Labute approximate surface area is 79.5 Å². The van der Waals surface area contributed by atoms with Crippen molar-refractivity contribution in [3.63, 3.8) is 0 Å². The van der Waals surface area contributed by atoms with E-state index in [-0.39, 0.29) is 0 Å². The van der Waals surface area contributed by atoms with Gasteiger partial charge in [-0.2, -0.15) is 0 Å². The van der Waals surface area contributed by atoms with E-state index in [1.807, 2.05) is 6.07 Å². The summed E-state index contributed by atoms with van der Waals surface area (Å²) in [6.45, 7) is 3.09. The summed E-state index contributed by atoms with van der Waals surface area (Å²) in [6.07, 6.45) is 3.31. The first-order valence-corrected chi connectivity index (χ1v) is 4.65. The molecule has 1 aromatic rings. The molecule has 0 unspecified atom stereocenters. The Bertz CT molecular complexity index is 300. The summed E-state index contributed by atoms with van der Waals surface area (Å²) in [5.74, 6) is 1.29. The van der Waals surface area contributed by atoms with Crippen LogP contribution >= 0.6 is 0 Å². The van der Waals surface area contributed by atoms with Crippen LogP contribution < -0.4 is 0 Å². The number of nitrogens with zero attached hydrogens (tertiary/aromatic N) is 1. The predicted octanol–water partition coefficient (Wildman–Crippen LogP) is 3.29. The van der Waals surface area contributed by atoms with Crippen LogP contribution in [0.1, 0.15) is 18.9 Å². The average molecular weight is 171 g/mol. The lowest BCUT2D eigenvalue weighted by Gasteiger charge is -2.18. The van der Waals surface area contributed by atoms with E-state index in [4.69, 9.17) is 0 Å². The summed E-state index contributed by atoms with van der Waals surface area (Å²) < 4.78 is 0. The lowest BCUT2D eigenvalue weighted by atomic mass is 9.98. The molecule has 2 rings (SSSR count). The van der Waals surface area contributed by atoms with Gasteiger partial charge in [-0.3, -0.25) is 0 Å². The molecule has 0 atom stereocenters. The molecule has 1 aliphatic heterocycles. The summed E-state index contributed by atoms with van der Waals surface area (Å²) in [6, 6.07) is 10.4. The first kappa shape index (κ1) is 8.24. The van der Waals surface area contributed by atoms with Gasteiger partial charge >= 0.3 is 0 Å². The molecule has 0 spiro atoms. The molecule has 0 N–H and O–H groups in total. The maximum Gasteiger partial charge on any atom is 0.0966 e. The fourth-order valence-electron chi connectivity index (χ4n) is 1.56. The SMILES string of the molecule is C[C+](C1=CCC[N-]1)c1ccccc1. The van der Waals surface area contributed by atoms with Crippen molar-refractivity contribution in [2.24, 2.45) is 0 Å². The number of hydrogen-bond donors (Lipinski definition) is 0. The Kier molecular flexibility index (Phi) is 2.26. The number of allylic oxidation sites excluding steroid dienone is 1. The molecule has 0 saturated heterocycles. The summed E-state index contributed by atoms with van der Waals surface area (Å²) in [5.41, 5.74) is 2.45. The van der Waals surface area contributed by atoms with Gasteiger partial charge in [-0.05, 0) is 37.6 Å². The average Bonchev–Trinajstić information content (AvgIpc) is 2.71. The third-order valence-corrected chi connectivity index (χ3v) is 2.34. The Hall–Kier alpha value is -1.37. The number of hydrogen-bond acceptors (Lipinski definition) is 0. The highest BCUT2D eigenvalue weighted by molar-refractivity contribution is 5.48. The van der Waals surface area contributed by atoms with E-state index in [2.05, 4.69) is 42.6 Å². The molecule has 0 aromatic heterocycles. The van der Waals surface area contributed by atoms with Crippen molar-refractivity contribution < 1.29 is 0 Å². The third kappa shape index (κ3) is 1.69. The minimum Gasteiger partial charge on any atom is -0.666 e. The first-order chi connectivity index (χ1) is 6.38. The van der Waals surface area contributed by atoms with Crippen LogP contribution in [0.4, 0.5) is 0 Å². The second-order valence-corrected chi connectivity index (χ2v) is 3.25. The highest BCUT2D eigenvalue weighted by atomic mass is 14.9. The Morgan fingerprint density at radius 3 is 2.62 bits per heavy atom. The number of rotatable bonds is 2. The van der Waals surface area contributed by atoms with E-state index < -0.39 is 0 Å². The van der Waals surface area contributed by atoms with Gasteiger partial charge < -0.3 is 5.32 Å². The van der Waals surface area contributed by atoms with Gasteiger partial charge in [0.2, 0.25) is 0 Å². The van der Waals surface area contributed by atoms with Crippen molar-refractivity contribution in [1.82, 2.24) is 0 Å². The van der Waals surface area contributed by atoms with Crippen molar-refractivity contribution in [2.75, 3.05) is 6.54 Å². The van der Waals surface area contributed by atoms with E-state index in [0.29, 0.717) is 0 Å². The van der Waals surface area contributed by atoms with Crippen LogP contribution in [0.3, 0.4) is 0 Å². The molecule has 0 saturated carbocycles. The molecule has 1 heterocycles. The molecular formula is C12H13N. The second-order valence-electron chi connectivity index (χ2n) is 3.25.